The first kappa shape index (κ1) is 11.9. The number of thiophene rings is 1. The van der Waals surface area contributed by atoms with Gasteiger partial charge < -0.3 is 9.84 Å². The highest BCUT2D eigenvalue weighted by molar-refractivity contribution is 7.15. The second-order valence-electron chi connectivity index (χ2n) is 4.82. The van der Waals surface area contributed by atoms with Crippen LogP contribution in [-0.2, 0) is 19.3 Å². The van der Waals surface area contributed by atoms with E-state index < -0.39 is 0 Å². The first-order valence-corrected chi connectivity index (χ1v) is 7.19. The Morgan fingerprint density at radius 2 is 2.39 bits per heavy atom. The molecule has 1 atom stereocenters. The molecule has 0 radical (unpaired) electrons. The van der Waals surface area contributed by atoms with Crippen molar-refractivity contribution < 1.29 is 4.52 Å². The third kappa shape index (κ3) is 2.20. The highest BCUT2D eigenvalue weighted by atomic mass is 32.1. The van der Waals surface area contributed by atoms with Crippen LogP contribution in [0.1, 0.15) is 29.6 Å². The van der Waals surface area contributed by atoms with E-state index in [2.05, 4.69) is 28.4 Å². The number of hydrogen-bond acceptors (Lipinski definition) is 5. The number of rotatable bonds is 4. The molecular weight excluding hydrogens is 246 g/mol. The van der Waals surface area contributed by atoms with Gasteiger partial charge in [-0.2, -0.15) is 4.98 Å². The van der Waals surface area contributed by atoms with E-state index in [-0.39, 0.29) is 0 Å². The Hall–Kier alpha value is -1.20. The van der Waals surface area contributed by atoms with Crippen molar-refractivity contribution in [3.8, 4) is 10.8 Å². The maximum atomic E-state index is 5.35. The van der Waals surface area contributed by atoms with Crippen molar-refractivity contribution in [3.05, 3.63) is 22.3 Å². The highest BCUT2D eigenvalue weighted by Crippen LogP contribution is 2.35. The van der Waals surface area contributed by atoms with Crippen LogP contribution in [0, 0.1) is 0 Å². The van der Waals surface area contributed by atoms with Gasteiger partial charge in [-0.3, -0.25) is 0 Å². The number of fused-ring (bicyclic) bond motifs is 1. The minimum Gasteiger partial charge on any atom is -0.333 e. The standard InChI is InChI=1S/C13H17N3OS/c1-8(14-2)6-12-15-13(17-16-12)11-7-9-4-3-5-10(9)18-11/h7-8,14H,3-6H2,1-2H3. The molecule has 3 rings (SSSR count). The lowest BCUT2D eigenvalue weighted by molar-refractivity contribution is 0.419. The van der Waals surface area contributed by atoms with Crippen LogP contribution in [0.5, 0.6) is 0 Å². The Bertz CT molecular complexity index is 525. The normalized spacial score (nSPS) is 15.9. The van der Waals surface area contributed by atoms with Crippen molar-refractivity contribution in [2.24, 2.45) is 0 Å². The lowest BCUT2D eigenvalue weighted by Gasteiger charge is -2.04. The van der Waals surface area contributed by atoms with Gasteiger partial charge in [-0.1, -0.05) is 5.16 Å². The van der Waals surface area contributed by atoms with Crippen LogP contribution in [0.2, 0.25) is 0 Å². The van der Waals surface area contributed by atoms with Gasteiger partial charge in [-0.15, -0.1) is 11.3 Å². The van der Waals surface area contributed by atoms with Crippen LogP contribution in [0.4, 0.5) is 0 Å². The first-order valence-electron chi connectivity index (χ1n) is 6.38. The zero-order valence-corrected chi connectivity index (χ0v) is 11.5. The molecule has 1 unspecified atom stereocenters. The van der Waals surface area contributed by atoms with Crippen LogP contribution >= 0.6 is 11.3 Å². The van der Waals surface area contributed by atoms with Gasteiger partial charge in [0.2, 0.25) is 0 Å². The average Bonchev–Trinajstić information content (AvgIpc) is 3.01. The fourth-order valence-corrected chi connectivity index (χ4v) is 3.42. The maximum absolute atomic E-state index is 5.35. The Morgan fingerprint density at radius 1 is 1.50 bits per heavy atom. The summed E-state index contributed by atoms with van der Waals surface area (Å²) in [5.41, 5.74) is 1.47. The van der Waals surface area contributed by atoms with Crippen molar-refractivity contribution in [1.29, 1.82) is 0 Å². The molecule has 5 heteroatoms. The van der Waals surface area contributed by atoms with Crippen LogP contribution in [0.25, 0.3) is 10.8 Å². The SMILES string of the molecule is CNC(C)Cc1noc(-c2cc3c(s2)CCC3)n1. The minimum atomic E-state index is 0.365. The molecule has 4 nitrogen and oxygen atoms in total. The van der Waals surface area contributed by atoms with Gasteiger partial charge in [0.1, 0.15) is 0 Å². The number of hydrogen-bond donors (Lipinski definition) is 1. The fourth-order valence-electron chi connectivity index (χ4n) is 2.25. The molecule has 0 bridgehead atoms. The van der Waals surface area contributed by atoms with Crippen molar-refractivity contribution in [1.82, 2.24) is 15.5 Å². The summed E-state index contributed by atoms with van der Waals surface area (Å²) in [5.74, 6) is 1.45. The van der Waals surface area contributed by atoms with Crippen LogP contribution in [0.15, 0.2) is 10.6 Å². The molecule has 2 heterocycles. The average molecular weight is 263 g/mol. The van der Waals surface area contributed by atoms with Crippen LogP contribution in [0.3, 0.4) is 0 Å². The summed E-state index contributed by atoms with van der Waals surface area (Å²) in [7, 11) is 1.94. The van der Waals surface area contributed by atoms with Gasteiger partial charge in [0.05, 0.1) is 4.88 Å². The van der Waals surface area contributed by atoms with Crippen LogP contribution < -0.4 is 5.32 Å². The molecule has 2 aromatic heterocycles. The Labute approximate surface area is 110 Å². The summed E-state index contributed by atoms with van der Waals surface area (Å²) in [5, 5.41) is 7.22. The Balaban J connectivity index is 1.79. The number of nitrogens with one attached hydrogen (secondary N) is 1. The van der Waals surface area contributed by atoms with Crippen molar-refractivity contribution in [3.63, 3.8) is 0 Å². The smallest absolute Gasteiger partial charge is 0.268 e. The zero-order valence-electron chi connectivity index (χ0n) is 10.7. The van der Waals surface area contributed by atoms with Gasteiger partial charge in [0, 0.05) is 17.3 Å². The van der Waals surface area contributed by atoms with Gasteiger partial charge in [0.15, 0.2) is 5.82 Å². The number of aryl methyl sites for hydroxylation is 2. The third-order valence-electron chi connectivity index (χ3n) is 3.41. The molecule has 2 aromatic rings. The number of nitrogens with zero attached hydrogens (tertiary/aromatic N) is 2. The lowest BCUT2D eigenvalue weighted by Crippen LogP contribution is -2.24. The predicted molar refractivity (Wildman–Crippen MR) is 71.9 cm³/mol. The van der Waals surface area contributed by atoms with Crippen molar-refractivity contribution in [2.45, 2.75) is 38.6 Å². The van der Waals surface area contributed by atoms with Gasteiger partial charge in [-0.05, 0) is 44.9 Å². The van der Waals surface area contributed by atoms with E-state index in [1.54, 1.807) is 11.3 Å². The summed E-state index contributed by atoms with van der Waals surface area (Å²) < 4.78 is 5.35. The topological polar surface area (TPSA) is 51.0 Å². The molecule has 0 aliphatic heterocycles. The molecule has 0 spiro atoms. The molecule has 1 aliphatic carbocycles. The molecule has 0 saturated carbocycles. The largest absolute Gasteiger partial charge is 0.333 e. The van der Waals surface area contributed by atoms with E-state index in [1.807, 2.05) is 7.05 Å². The molecule has 0 aromatic carbocycles. The molecular formula is C13H17N3OS. The maximum Gasteiger partial charge on any atom is 0.268 e. The lowest BCUT2D eigenvalue weighted by atomic mass is 10.2. The molecule has 96 valence electrons. The quantitative estimate of drug-likeness (QED) is 0.920. The molecule has 0 saturated heterocycles. The molecule has 18 heavy (non-hydrogen) atoms. The van der Waals surface area contributed by atoms with E-state index in [0.717, 1.165) is 17.1 Å². The van der Waals surface area contributed by atoms with Crippen molar-refractivity contribution in [2.75, 3.05) is 7.05 Å². The minimum absolute atomic E-state index is 0.365. The third-order valence-corrected chi connectivity index (χ3v) is 4.63. The number of aromatic nitrogens is 2. The summed E-state index contributed by atoms with van der Waals surface area (Å²) in [6, 6.07) is 2.58. The summed E-state index contributed by atoms with van der Waals surface area (Å²) in [6.45, 7) is 2.11. The van der Waals surface area contributed by atoms with E-state index in [1.165, 1.54) is 29.7 Å². The predicted octanol–water partition coefficient (Wildman–Crippen LogP) is 2.44. The van der Waals surface area contributed by atoms with E-state index >= 15 is 0 Å². The molecule has 0 amide bonds. The van der Waals surface area contributed by atoms with Crippen LogP contribution in [-0.4, -0.2) is 23.2 Å². The van der Waals surface area contributed by atoms with Crippen molar-refractivity contribution >= 4 is 11.3 Å². The molecule has 1 aliphatic rings. The van der Waals surface area contributed by atoms with Gasteiger partial charge >= 0.3 is 0 Å². The number of likely N-dealkylation sites (N-methyl/N-ethyl adjacent to an activating group) is 1. The highest BCUT2D eigenvalue weighted by Gasteiger charge is 2.19. The second kappa shape index (κ2) is 4.82. The monoisotopic (exact) mass is 263 g/mol. The summed E-state index contributed by atoms with van der Waals surface area (Å²) >= 11 is 1.80. The Kier molecular flexibility index (Phi) is 3.18. The van der Waals surface area contributed by atoms with E-state index in [4.69, 9.17) is 4.52 Å². The van der Waals surface area contributed by atoms with Gasteiger partial charge in [0.25, 0.3) is 5.89 Å². The molecule has 1 N–H and O–H groups in total. The van der Waals surface area contributed by atoms with Gasteiger partial charge in [-0.25, -0.2) is 0 Å². The zero-order chi connectivity index (χ0) is 12.5. The second-order valence-corrected chi connectivity index (χ2v) is 5.96. The fraction of sp³-hybridized carbons (Fsp3) is 0.538. The first-order chi connectivity index (χ1) is 8.76. The Morgan fingerprint density at radius 3 is 3.17 bits per heavy atom. The summed E-state index contributed by atoms with van der Waals surface area (Å²) in [6.07, 6.45) is 4.49. The van der Waals surface area contributed by atoms with E-state index in [9.17, 15) is 0 Å². The molecule has 0 fully saturated rings. The van der Waals surface area contributed by atoms with E-state index in [0.29, 0.717) is 11.9 Å². The summed E-state index contributed by atoms with van der Waals surface area (Å²) in [4.78, 5) is 7.09.